The average molecular weight is 586 g/mol. The number of carbonyl (C=O) groups is 4. The molecule has 3 aromatic carbocycles. The number of anilines is 2. The van der Waals surface area contributed by atoms with Gasteiger partial charge in [0, 0.05) is 5.02 Å². The fourth-order valence-electron chi connectivity index (χ4n) is 3.74. The highest BCUT2D eigenvalue weighted by atomic mass is 35.5. The largest absolute Gasteiger partial charge is 0.490 e. The summed E-state index contributed by atoms with van der Waals surface area (Å²) in [5, 5.41) is 4.89. The number of imide groups is 2. The first-order valence-electron chi connectivity index (χ1n) is 11.9. The Kier molecular flexibility index (Phi) is 8.71. The van der Waals surface area contributed by atoms with Gasteiger partial charge in [0.05, 0.1) is 23.0 Å². The quantitative estimate of drug-likeness (QED) is 0.265. The molecule has 0 aliphatic carbocycles. The number of aryl methyl sites for hydroxylation is 1. The molecule has 12 heteroatoms. The zero-order valence-electron chi connectivity index (χ0n) is 21.2. The summed E-state index contributed by atoms with van der Waals surface area (Å²) < 4.78 is 25.0. The van der Waals surface area contributed by atoms with Gasteiger partial charge in [0.2, 0.25) is 0 Å². The lowest BCUT2D eigenvalue weighted by Crippen LogP contribution is -2.54. The van der Waals surface area contributed by atoms with Crippen molar-refractivity contribution in [3.63, 3.8) is 0 Å². The topological polar surface area (TPSA) is 114 Å². The first-order chi connectivity index (χ1) is 19.1. The van der Waals surface area contributed by atoms with Crippen molar-refractivity contribution < 1.29 is 33.0 Å². The number of carbonyl (C=O) groups excluding carboxylic acids is 4. The van der Waals surface area contributed by atoms with E-state index < -0.39 is 36.2 Å². The Morgan fingerprint density at radius 2 is 1.80 bits per heavy atom. The number of hydrogen-bond donors (Lipinski definition) is 2. The second-order valence-electron chi connectivity index (χ2n) is 8.47. The van der Waals surface area contributed by atoms with Crippen LogP contribution in [0.25, 0.3) is 6.08 Å². The van der Waals surface area contributed by atoms with Gasteiger partial charge in [0.25, 0.3) is 17.7 Å². The fraction of sp³-hybridized carbons (Fsp3) is 0.143. The minimum Gasteiger partial charge on any atom is -0.490 e. The molecule has 206 valence electrons. The summed E-state index contributed by atoms with van der Waals surface area (Å²) in [6.07, 6.45) is 1.25. The molecule has 3 aromatic rings. The first-order valence-corrected chi connectivity index (χ1v) is 12.7. The minimum atomic E-state index is -0.919. The van der Waals surface area contributed by atoms with Gasteiger partial charge in [-0.2, -0.15) is 0 Å². The molecule has 0 radical (unpaired) electrons. The summed E-state index contributed by atoms with van der Waals surface area (Å²) >= 11 is 12.6. The van der Waals surface area contributed by atoms with Gasteiger partial charge in [-0.25, -0.2) is 14.1 Å². The Bertz CT molecular complexity index is 1560. The van der Waals surface area contributed by atoms with E-state index in [2.05, 4.69) is 10.6 Å². The third-order valence-electron chi connectivity index (χ3n) is 5.65. The molecular weight excluding hydrogens is 564 g/mol. The normalized spacial score (nSPS) is 14.3. The van der Waals surface area contributed by atoms with E-state index in [9.17, 15) is 23.6 Å². The first kappa shape index (κ1) is 28.6. The Balaban J connectivity index is 1.59. The SMILES string of the molecule is CCOc1cc(/C=C2\C(=O)NC(=O)N(c3ccc(C)c(Cl)c3)C2=O)cc(Cl)c1OCC(=O)Nc1ccccc1F. The molecule has 5 amide bonds. The number of rotatable bonds is 8. The van der Waals surface area contributed by atoms with Crippen molar-refractivity contribution in [3.8, 4) is 11.5 Å². The number of nitrogens with one attached hydrogen (secondary N) is 2. The number of hydrogen-bond acceptors (Lipinski definition) is 6. The molecule has 1 aliphatic heterocycles. The maximum absolute atomic E-state index is 13.8. The Hall–Kier alpha value is -4.41. The minimum absolute atomic E-state index is 0.00920. The second-order valence-corrected chi connectivity index (χ2v) is 9.29. The van der Waals surface area contributed by atoms with Crippen molar-refractivity contribution in [2.75, 3.05) is 23.4 Å². The van der Waals surface area contributed by atoms with Crippen LogP contribution in [0.1, 0.15) is 18.1 Å². The monoisotopic (exact) mass is 585 g/mol. The third-order valence-corrected chi connectivity index (χ3v) is 6.34. The summed E-state index contributed by atoms with van der Waals surface area (Å²) in [7, 11) is 0. The number of benzene rings is 3. The van der Waals surface area contributed by atoms with Crippen LogP contribution in [-0.2, 0) is 14.4 Å². The van der Waals surface area contributed by atoms with Gasteiger partial charge in [0.1, 0.15) is 11.4 Å². The molecule has 1 saturated heterocycles. The summed E-state index contributed by atoms with van der Waals surface area (Å²) in [6, 6.07) is 12.2. The van der Waals surface area contributed by atoms with E-state index in [-0.39, 0.29) is 45.6 Å². The van der Waals surface area contributed by atoms with E-state index in [0.29, 0.717) is 5.02 Å². The summed E-state index contributed by atoms with van der Waals surface area (Å²) in [4.78, 5) is 51.4. The zero-order chi connectivity index (χ0) is 29.0. The van der Waals surface area contributed by atoms with Gasteiger partial charge in [0.15, 0.2) is 18.1 Å². The number of halogens is 3. The predicted octanol–water partition coefficient (Wildman–Crippen LogP) is 5.52. The van der Waals surface area contributed by atoms with Crippen LogP contribution in [-0.4, -0.2) is 37.0 Å². The molecule has 2 N–H and O–H groups in total. The predicted molar refractivity (Wildman–Crippen MR) is 148 cm³/mol. The molecular formula is C28H22Cl2FN3O6. The standard InChI is InChI=1S/C28H22Cl2FN3O6/c1-3-39-23-12-16(11-20(30)25(23)40-14-24(35)32-22-7-5-4-6-21(22)31)10-18-26(36)33-28(38)34(27(18)37)17-9-8-15(2)19(29)13-17/h4-13H,3,14H2,1-2H3,(H,32,35)(H,33,36,38)/b18-10+. The average Bonchev–Trinajstić information content (AvgIpc) is 2.89. The summed E-state index contributed by atoms with van der Waals surface area (Å²) in [5.41, 5.74) is 0.860. The van der Waals surface area contributed by atoms with Crippen LogP contribution in [0.2, 0.25) is 10.0 Å². The fourth-order valence-corrected chi connectivity index (χ4v) is 4.19. The molecule has 0 atom stereocenters. The van der Waals surface area contributed by atoms with E-state index in [1.54, 1.807) is 26.0 Å². The molecule has 40 heavy (non-hydrogen) atoms. The van der Waals surface area contributed by atoms with Gasteiger partial charge in [-0.05, 0) is 67.4 Å². The molecule has 0 saturated carbocycles. The van der Waals surface area contributed by atoms with Gasteiger partial charge >= 0.3 is 6.03 Å². The molecule has 0 bridgehead atoms. The van der Waals surface area contributed by atoms with Gasteiger partial charge in [-0.15, -0.1) is 0 Å². The van der Waals surface area contributed by atoms with Crippen molar-refractivity contribution in [1.29, 1.82) is 0 Å². The van der Waals surface area contributed by atoms with E-state index in [1.807, 2.05) is 0 Å². The number of barbiturate groups is 1. The van der Waals surface area contributed by atoms with E-state index in [1.165, 1.54) is 48.5 Å². The van der Waals surface area contributed by atoms with Crippen LogP contribution < -0.4 is 25.0 Å². The zero-order valence-corrected chi connectivity index (χ0v) is 22.7. The van der Waals surface area contributed by atoms with Crippen LogP contribution in [0, 0.1) is 12.7 Å². The van der Waals surface area contributed by atoms with Crippen LogP contribution in [0.15, 0.2) is 60.2 Å². The van der Waals surface area contributed by atoms with Crippen molar-refractivity contribution >= 4 is 64.4 Å². The van der Waals surface area contributed by atoms with E-state index >= 15 is 0 Å². The smallest absolute Gasteiger partial charge is 0.335 e. The molecule has 0 aromatic heterocycles. The number of urea groups is 1. The Labute approximate surface area is 238 Å². The number of ether oxygens (including phenoxy) is 2. The molecule has 1 heterocycles. The maximum atomic E-state index is 13.8. The van der Waals surface area contributed by atoms with Crippen molar-refractivity contribution in [2.24, 2.45) is 0 Å². The third kappa shape index (κ3) is 6.24. The number of para-hydroxylation sites is 1. The number of nitrogens with zero attached hydrogens (tertiary/aromatic N) is 1. The van der Waals surface area contributed by atoms with Crippen LogP contribution in [0.5, 0.6) is 11.5 Å². The Morgan fingerprint density at radius 3 is 2.50 bits per heavy atom. The van der Waals surface area contributed by atoms with Crippen LogP contribution >= 0.6 is 23.2 Å². The number of amides is 5. The summed E-state index contributed by atoms with van der Waals surface area (Å²) in [5.74, 6) is -2.85. The lowest BCUT2D eigenvalue weighted by Gasteiger charge is -2.26. The lowest BCUT2D eigenvalue weighted by molar-refractivity contribution is -0.122. The van der Waals surface area contributed by atoms with Gasteiger partial charge in [-0.3, -0.25) is 19.7 Å². The van der Waals surface area contributed by atoms with E-state index in [0.717, 1.165) is 10.5 Å². The molecule has 1 aliphatic rings. The molecule has 0 spiro atoms. The summed E-state index contributed by atoms with van der Waals surface area (Å²) in [6.45, 7) is 3.17. The highest BCUT2D eigenvalue weighted by Crippen LogP contribution is 2.38. The Morgan fingerprint density at radius 1 is 1.05 bits per heavy atom. The highest BCUT2D eigenvalue weighted by molar-refractivity contribution is 6.39. The maximum Gasteiger partial charge on any atom is 0.335 e. The lowest BCUT2D eigenvalue weighted by atomic mass is 10.1. The highest BCUT2D eigenvalue weighted by Gasteiger charge is 2.37. The van der Waals surface area contributed by atoms with E-state index in [4.69, 9.17) is 32.7 Å². The van der Waals surface area contributed by atoms with Crippen molar-refractivity contribution in [2.45, 2.75) is 13.8 Å². The van der Waals surface area contributed by atoms with Crippen LogP contribution in [0.3, 0.4) is 0 Å². The van der Waals surface area contributed by atoms with Crippen molar-refractivity contribution in [1.82, 2.24) is 5.32 Å². The molecule has 1 fully saturated rings. The van der Waals surface area contributed by atoms with Gasteiger partial charge < -0.3 is 14.8 Å². The van der Waals surface area contributed by atoms with Crippen LogP contribution in [0.4, 0.5) is 20.6 Å². The molecule has 4 rings (SSSR count). The molecule has 0 unspecified atom stereocenters. The second kappa shape index (κ2) is 12.2. The van der Waals surface area contributed by atoms with Gasteiger partial charge in [-0.1, -0.05) is 41.4 Å². The molecule has 9 nitrogen and oxygen atoms in total. The van der Waals surface area contributed by atoms with Crippen molar-refractivity contribution in [3.05, 3.63) is 87.2 Å².